The standard InChI is InChI=1S/C11H23NO4/c1-10(2,3)16-9-15-8-12-4-11(5-12,6-13)7-14/h13-14H,4-9H2,1-3H3. The SMILES string of the molecule is CC(C)(C)OCOCN1CC(CO)(CO)C1. The van der Waals surface area contributed by atoms with Crippen LogP contribution in [-0.2, 0) is 9.47 Å². The monoisotopic (exact) mass is 233 g/mol. The van der Waals surface area contributed by atoms with Crippen molar-refractivity contribution in [2.24, 2.45) is 5.41 Å². The molecule has 1 aliphatic heterocycles. The van der Waals surface area contributed by atoms with E-state index in [0.717, 1.165) is 0 Å². The maximum atomic E-state index is 9.08. The van der Waals surface area contributed by atoms with E-state index in [0.29, 0.717) is 19.8 Å². The maximum absolute atomic E-state index is 9.08. The highest BCUT2D eigenvalue weighted by molar-refractivity contribution is 4.92. The third-order valence-corrected chi connectivity index (χ3v) is 2.64. The summed E-state index contributed by atoms with van der Waals surface area (Å²) in [6, 6.07) is 0. The van der Waals surface area contributed by atoms with Crippen LogP contribution in [0, 0.1) is 5.41 Å². The largest absolute Gasteiger partial charge is 0.396 e. The summed E-state index contributed by atoms with van der Waals surface area (Å²) in [6.45, 7) is 8.08. The zero-order chi connectivity index (χ0) is 12.2. The summed E-state index contributed by atoms with van der Waals surface area (Å²) in [4.78, 5) is 2.03. The molecule has 0 unspecified atom stereocenters. The van der Waals surface area contributed by atoms with Gasteiger partial charge in [0.25, 0.3) is 0 Å². The number of ether oxygens (including phenoxy) is 2. The summed E-state index contributed by atoms with van der Waals surface area (Å²) in [5.74, 6) is 0. The Labute approximate surface area is 97.0 Å². The zero-order valence-electron chi connectivity index (χ0n) is 10.4. The molecule has 0 aromatic heterocycles. The molecule has 1 rings (SSSR count). The van der Waals surface area contributed by atoms with Gasteiger partial charge < -0.3 is 19.7 Å². The van der Waals surface area contributed by atoms with Crippen molar-refractivity contribution in [1.29, 1.82) is 0 Å². The van der Waals surface area contributed by atoms with Crippen LogP contribution in [0.15, 0.2) is 0 Å². The molecule has 96 valence electrons. The molecule has 0 bridgehead atoms. The summed E-state index contributed by atoms with van der Waals surface area (Å²) in [7, 11) is 0. The van der Waals surface area contributed by atoms with Crippen LogP contribution in [0.25, 0.3) is 0 Å². The lowest BCUT2D eigenvalue weighted by Gasteiger charge is -2.47. The van der Waals surface area contributed by atoms with E-state index in [-0.39, 0.29) is 31.0 Å². The highest BCUT2D eigenvalue weighted by Crippen LogP contribution is 2.28. The van der Waals surface area contributed by atoms with Gasteiger partial charge in [0.1, 0.15) is 13.5 Å². The van der Waals surface area contributed by atoms with Gasteiger partial charge in [0.05, 0.1) is 18.8 Å². The fourth-order valence-corrected chi connectivity index (χ4v) is 1.63. The minimum Gasteiger partial charge on any atom is -0.396 e. The van der Waals surface area contributed by atoms with Gasteiger partial charge in [-0.05, 0) is 20.8 Å². The summed E-state index contributed by atoms with van der Waals surface area (Å²) in [5, 5.41) is 18.2. The molecule has 5 nitrogen and oxygen atoms in total. The number of nitrogens with zero attached hydrogens (tertiary/aromatic N) is 1. The van der Waals surface area contributed by atoms with Gasteiger partial charge in [0.2, 0.25) is 0 Å². The molecule has 1 fully saturated rings. The molecule has 16 heavy (non-hydrogen) atoms. The number of rotatable bonds is 6. The van der Waals surface area contributed by atoms with E-state index >= 15 is 0 Å². The number of aliphatic hydroxyl groups is 2. The topological polar surface area (TPSA) is 62.2 Å². The van der Waals surface area contributed by atoms with Gasteiger partial charge in [-0.15, -0.1) is 0 Å². The van der Waals surface area contributed by atoms with Crippen LogP contribution in [0.2, 0.25) is 0 Å². The van der Waals surface area contributed by atoms with Crippen LogP contribution in [-0.4, -0.2) is 60.5 Å². The van der Waals surface area contributed by atoms with Crippen molar-refractivity contribution in [3.8, 4) is 0 Å². The Bertz CT molecular complexity index is 203. The second-order valence-electron chi connectivity index (χ2n) is 5.51. The van der Waals surface area contributed by atoms with Gasteiger partial charge in [-0.1, -0.05) is 0 Å². The van der Waals surface area contributed by atoms with Gasteiger partial charge in [-0.25, -0.2) is 0 Å². The second kappa shape index (κ2) is 5.42. The van der Waals surface area contributed by atoms with Crippen LogP contribution in [0.5, 0.6) is 0 Å². The van der Waals surface area contributed by atoms with Crippen molar-refractivity contribution < 1.29 is 19.7 Å². The van der Waals surface area contributed by atoms with Crippen molar-refractivity contribution in [2.45, 2.75) is 26.4 Å². The molecule has 1 aliphatic rings. The predicted octanol–water partition coefficient (Wildman–Crippen LogP) is 0.0197. The van der Waals surface area contributed by atoms with E-state index in [1.54, 1.807) is 0 Å². The molecule has 0 radical (unpaired) electrons. The molecule has 1 heterocycles. The number of hydrogen-bond acceptors (Lipinski definition) is 5. The van der Waals surface area contributed by atoms with Crippen molar-refractivity contribution in [2.75, 3.05) is 39.8 Å². The van der Waals surface area contributed by atoms with Gasteiger partial charge in [-0.2, -0.15) is 0 Å². The molecule has 0 spiro atoms. The maximum Gasteiger partial charge on any atom is 0.149 e. The Balaban J connectivity index is 2.05. The molecule has 0 atom stereocenters. The molecule has 0 aliphatic carbocycles. The first-order valence-corrected chi connectivity index (χ1v) is 5.57. The Morgan fingerprint density at radius 1 is 1.19 bits per heavy atom. The quantitative estimate of drug-likeness (QED) is 0.500. The van der Waals surface area contributed by atoms with Crippen molar-refractivity contribution in [1.82, 2.24) is 4.90 Å². The van der Waals surface area contributed by atoms with E-state index < -0.39 is 0 Å². The zero-order valence-corrected chi connectivity index (χ0v) is 10.4. The molecule has 2 N–H and O–H groups in total. The minimum absolute atomic E-state index is 0.0263. The Kier molecular flexibility index (Phi) is 4.70. The van der Waals surface area contributed by atoms with Crippen molar-refractivity contribution in [3.05, 3.63) is 0 Å². The van der Waals surface area contributed by atoms with Crippen molar-refractivity contribution in [3.63, 3.8) is 0 Å². The van der Waals surface area contributed by atoms with Crippen molar-refractivity contribution >= 4 is 0 Å². The molecular weight excluding hydrogens is 210 g/mol. The van der Waals surface area contributed by atoms with Crippen LogP contribution in [0.3, 0.4) is 0 Å². The Hall–Kier alpha value is -0.200. The van der Waals surface area contributed by atoms with Gasteiger partial charge >= 0.3 is 0 Å². The van der Waals surface area contributed by atoms with Gasteiger partial charge in [0, 0.05) is 18.5 Å². The lowest BCUT2D eigenvalue weighted by molar-refractivity contribution is -0.174. The third-order valence-electron chi connectivity index (χ3n) is 2.64. The highest BCUT2D eigenvalue weighted by Gasteiger charge is 2.41. The number of hydrogen-bond donors (Lipinski definition) is 2. The predicted molar refractivity (Wildman–Crippen MR) is 59.8 cm³/mol. The van der Waals surface area contributed by atoms with E-state index in [1.165, 1.54) is 0 Å². The molecular formula is C11H23NO4. The van der Waals surface area contributed by atoms with E-state index in [1.807, 2.05) is 25.7 Å². The smallest absolute Gasteiger partial charge is 0.149 e. The average molecular weight is 233 g/mol. The van der Waals surface area contributed by atoms with Gasteiger partial charge in [0.15, 0.2) is 0 Å². The fourth-order valence-electron chi connectivity index (χ4n) is 1.63. The summed E-state index contributed by atoms with van der Waals surface area (Å²) < 4.78 is 10.7. The molecule has 0 aromatic rings. The van der Waals surface area contributed by atoms with Crippen LogP contribution < -0.4 is 0 Å². The second-order valence-corrected chi connectivity index (χ2v) is 5.51. The highest BCUT2D eigenvalue weighted by atomic mass is 16.7. The molecule has 0 amide bonds. The van der Waals surface area contributed by atoms with Crippen LogP contribution in [0.1, 0.15) is 20.8 Å². The van der Waals surface area contributed by atoms with E-state index in [9.17, 15) is 0 Å². The van der Waals surface area contributed by atoms with Gasteiger partial charge in [-0.3, -0.25) is 4.90 Å². The molecule has 0 saturated carbocycles. The lowest BCUT2D eigenvalue weighted by atomic mass is 9.82. The Morgan fingerprint density at radius 2 is 1.75 bits per heavy atom. The first kappa shape index (κ1) is 13.9. The van der Waals surface area contributed by atoms with Crippen LogP contribution in [0.4, 0.5) is 0 Å². The summed E-state index contributed by atoms with van der Waals surface area (Å²) in [5.41, 5.74) is -0.511. The first-order valence-electron chi connectivity index (χ1n) is 5.57. The van der Waals surface area contributed by atoms with Crippen LogP contribution >= 0.6 is 0 Å². The molecule has 0 aromatic carbocycles. The van der Waals surface area contributed by atoms with E-state index in [4.69, 9.17) is 19.7 Å². The summed E-state index contributed by atoms with van der Waals surface area (Å²) in [6.07, 6.45) is 0. The summed E-state index contributed by atoms with van der Waals surface area (Å²) >= 11 is 0. The minimum atomic E-state index is -0.325. The first-order chi connectivity index (χ1) is 7.41. The fraction of sp³-hybridized carbons (Fsp3) is 1.00. The normalized spacial score (nSPS) is 20.8. The number of likely N-dealkylation sites (tertiary alicyclic amines) is 1. The Morgan fingerprint density at radius 3 is 2.19 bits per heavy atom. The van der Waals surface area contributed by atoms with E-state index in [2.05, 4.69) is 0 Å². The molecule has 5 heteroatoms. The molecule has 1 saturated heterocycles. The third kappa shape index (κ3) is 3.99. The average Bonchev–Trinajstić information content (AvgIpc) is 2.14. The number of aliphatic hydroxyl groups excluding tert-OH is 2. The lowest BCUT2D eigenvalue weighted by Crippen LogP contribution is -2.60.